The number of aromatic nitrogens is 2. The van der Waals surface area contributed by atoms with Gasteiger partial charge in [0, 0.05) is 22.0 Å². The van der Waals surface area contributed by atoms with Gasteiger partial charge in [-0.1, -0.05) is 79.2 Å². The Balaban J connectivity index is 1.93. The number of aliphatic carboxylic acids is 1. The number of hydrogen-bond donors (Lipinski definition) is 2. The third-order valence-corrected chi connectivity index (χ3v) is 6.22. The van der Waals surface area contributed by atoms with Gasteiger partial charge in [0.1, 0.15) is 5.54 Å². The average Bonchev–Trinajstić information content (AvgIpc) is 2.91. The van der Waals surface area contributed by atoms with Crippen molar-refractivity contribution >= 4 is 23.5 Å². The van der Waals surface area contributed by atoms with E-state index in [9.17, 15) is 14.7 Å². The van der Waals surface area contributed by atoms with Crippen molar-refractivity contribution in [2.45, 2.75) is 31.9 Å². The van der Waals surface area contributed by atoms with Crippen LogP contribution in [0.1, 0.15) is 39.8 Å². The number of halogens is 1. The number of ether oxygens (including phenoxy) is 1. The molecule has 1 aromatic heterocycles. The lowest BCUT2D eigenvalue weighted by Crippen LogP contribution is -2.60. The SMILES string of the molecule is CCc1cc(C)nc(OC(C(=O)O)C(NC(=O)c2ccc(Cl)cc2)(c2ccccc2)c2ccccc2)n1. The number of carbonyl (C=O) groups excluding carboxylic acids is 1. The van der Waals surface area contributed by atoms with Gasteiger partial charge in [-0.05, 0) is 54.8 Å². The summed E-state index contributed by atoms with van der Waals surface area (Å²) in [6.07, 6.45) is -1.01. The van der Waals surface area contributed by atoms with Gasteiger partial charge in [0.05, 0.1) is 0 Å². The molecule has 0 spiro atoms. The van der Waals surface area contributed by atoms with Crippen molar-refractivity contribution in [2.24, 2.45) is 0 Å². The molecule has 4 aromatic rings. The number of amides is 1. The van der Waals surface area contributed by atoms with E-state index in [1.54, 1.807) is 79.7 Å². The minimum atomic E-state index is -1.65. The topological polar surface area (TPSA) is 101 Å². The van der Waals surface area contributed by atoms with Crippen LogP contribution in [0, 0.1) is 6.92 Å². The number of nitrogens with one attached hydrogen (secondary N) is 1. The third kappa shape index (κ3) is 5.62. The summed E-state index contributed by atoms with van der Waals surface area (Å²) in [4.78, 5) is 35.3. The summed E-state index contributed by atoms with van der Waals surface area (Å²) in [5.74, 6) is -1.80. The van der Waals surface area contributed by atoms with Crippen molar-refractivity contribution in [1.29, 1.82) is 0 Å². The van der Waals surface area contributed by atoms with E-state index in [1.807, 2.05) is 25.1 Å². The van der Waals surface area contributed by atoms with Crippen LogP contribution in [0.25, 0.3) is 0 Å². The molecule has 3 aromatic carbocycles. The number of carbonyl (C=O) groups is 2. The average molecular weight is 516 g/mol. The van der Waals surface area contributed by atoms with Crippen LogP contribution in [0.3, 0.4) is 0 Å². The molecule has 0 aliphatic carbocycles. The number of rotatable bonds is 9. The van der Waals surface area contributed by atoms with Gasteiger partial charge in [-0.2, -0.15) is 0 Å². The standard InChI is InChI=1S/C29H26ClN3O4/c1-3-24-18-19(2)31-28(32-24)37-25(27(35)36)29(21-10-6-4-7-11-21,22-12-8-5-9-13-22)33-26(34)20-14-16-23(30)17-15-20/h4-18,25H,3H2,1-2H3,(H,33,34)(H,35,36). The molecule has 0 radical (unpaired) electrons. The molecule has 1 atom stereocenters. The van der Waals surface area contributed by atoms with Crippen molar-refractivity contribution in [3.05, 3.63) is 124 Å². The molecule has 1 heterocycles. The largest absolute Gasteiger partial charge is 0.478 e. The number of carboxylic acids is 1. The van der Waals surface area contributed by atoms with E-state index in [0.29, 0.717) is 39.5 Å². The van der Waals surface area contributed by atoms with E-state index in [2.05, 4.69) is 15.3 Å². The molecule has 0 bridgehead atoms. The molecule has 188 valence electrons. The van der Waals surface area contributed by atoms with Gasteiger partial charge in [0.25, 0.3) is 5.91 Å². The van der Waals surface area contributed by atoms with Gasteiger partial charge >= 0.3 is 12.0 Å². The molecule has 8 heteroatoms. The van der Waals surface area contributed by atoms with Gasteiger partial charge < -0.3 is 15.2 Å². The van der Waals surface area contributed by atoms with E-state index in [0.717, 1.165) is 0 Å². The lowest BCUT2D eigenvalue weighted by molar-refractivity contribution is -0.148. The first-order valence-corrected chi connectivity index (χ1v) is 12.1. The van der Waals surface area contributed by atoms with Crippen molar-refractivity contribution in [3.8, 4) is 6.01 Å². The highest BCUT2D eigenvalue weighted by atomic mass is 35.5. The maximum absolute atomic E-state index is 13.6. The molecule has 4 rings (SSSR count). The predicted octanol–water partition coefficient (Wildman–Crippen LogP) is 5.21. The van der Waals surface area contributed by atoms with Gasteiger partial charge in [0.2, 0.25) is 6.10 Å². The smallest absolute Gasteiger partial charge is 0.348 e. The Morgan fingerprint density at radius 2 is 1.51 bits per heavy atom. The molecule has 2 N–H and O–H groups in total. The number of carboxylic acid groups (broad SMARTS) is 1. The van der Waals surface area contributed by atoms with Crippen LogP contribution >= 0.6 is 11.6 Å². The molecule has 0 fully saturated rings. The number of benzene rings is 3. The first-order valence-electron chi connectivity index (χ1n) is 11.8. The third-order valence-electron chi connectivity index (χ3n) is 5.97. The molecule has 0 saturated heterocycles. The molecular weight excluding hydrogens is 490 g/mol. The summed E-state index contributed by atoms with van der Waals surface area (Å²) in [6, 6.07) is 25.8. The zero-order valence-corrected chi connectivity index (χ0v) is 21.1. The van der Waals surface area contributed by atoms with Crippen LogP contribution in [0.4, 0.5) is 0 Å². The monoisotopic (exact) mass is 515 g/mol. The summed E-state index contributed by atoms with van der Waals surface area (Å²) < 4.78 is 6.07. The maximum atomic E-state index is 13.6. The van der Waals surface area contributed by atoms with Gasteiger partial charge in [-0.15, -0.1) is 0 Å². The number of nitrogens with zero attached hydrogens (tertiary/aromatic N) is 2. The number of aryl methyl sites for hydroxylation is 2. The quantitative estimate of drug-likeness (QED) is 0.317. The van der Waals surface area contributed by atoms with Crippen LogP contribution in [0.15, 0.2) is 91.0 Å². The minimum Gasteiger partial charge on any atom is -0.478 e. The van der Waals surface area contributed by atoms with Crippen LogP contribution in [-0.4, -0.2) is 33.1 Å². The van der Waals surface area contributed by atoms with E-state index >= 15 is 0 Å². The van der Waals surface area contributed by atoms with Crippen LogP contribution in [0.5, 0.6) is 6.01 Å². The molecule has 1 unspecified atom stereocenters. The minimum absolute atomic E-state index is 0.0822. The molecule has 0 aliphatic heterocycles. The van der Waals surface area contributed by atoms with Gasteiger partial charge in [-0.25, -0.2) is 14.8 Å². The van der Waals surface area contributed by atoms with E-state index in [4.69, 9.17) is 16.3 Å². The first kappa shape index (κ1) is 25.9. The fourth-order valence-corrected chi connectivity index (χ4v) is 4.33. The van der Waals surface area contributed by atoms with Crippen molar-refractivity contribution in [3.63, 3.8) is 0 Å². The number of hydrogen-bond acceptors (Lipinski definition) is 5. The summed E-state index contributed by atoms with van der Waals surface area (Å²) >= 11 is 6.02. The highest BCUT2D eigenvalue weighted by molar-refractivity contribution is 6.30. The Bertz CT molecular complexity index is 1340. The maximum Gasteiger partial charge on any atom is 0.348 e. The lowest BCUT2D eigenvalue weighted by atomic mass is 9.77. The Labute approximate surface area is 220 Å². The molecule has 7 nitrogen and oxygen atoms in total. The molecular formula is C29H26ClN3O4. The highest BCUT2D eigenvalue weighted by Crippen LogP contribution is 2.36. The molecule has 0 aliphatic rings. The van der Waals surface area contributed by atoms with E-state index < -0.39 is 23.5 Å². The zero-order chi connectivity index (χ0) is 26.4. The summed E-state index contributed by atoms with van der Waals surface area (Å²) in [5, 5.41) is 14.0. The predicted molar refractivity (Wildman–Crippen MR) is 141 cm³/mol. The second-order valence-electron chi connectivity index (χ2n) is 8.47. The van der Waals surface area contributed by atoms with E-state index in [-0.39, 0.29) is 6.01 Å². The van der Waals surface area contributed by atoms with Crippen molar-refractivity contribution in [2.75, 3.05) is 0 Å². The normalized spacial score (nSPS) is 12.0. The van der Waals surface area contributed by atoms with Crippen molar-refractivity contribution < 1.29 is 19.4 Å². The fourth-order valence-electron chi connectivity index (χ4n) is 4.20. The van der Waals surface area contributed by atoms with Crippen LogP contribution in [0.2, 0.25) is 5.02 Å². The highest BCUT2D eigenvalue weighted by Gasteiger charge is 2.50. The summed E-state index contributed by atoms with van der Waals surface area (Å²) in [6.45, 7) is 3.72. The van der Waals surface area contributed by atoms with Crippen LogP contribution < -0.4 is 10.1 Å². The fraction of sp³-hybridized carbons (Fsp3) is 0.172. The van der Waals surface area contributed by atoms with Crippen molar-refractivity contribution in [1.82, 2.24) is 15.3 Å². The Morgan fingerprint density at radius 1 is 0.946 bits per heavy atom. The molecule has 37 heavy (non-hydrogen) atoms. The Kier molecular flexibility index (Phi) is 7.84. The Hall–Kier alpha value is -4.23. The molecule has 1 amide bonds. The lowest BCUT2D eigenvalue weighted by Gasteiger charge is -2.39. The Morgan fingerprint density at radius 3 is 2.03 bits per heavy atom. The first-order chi connectivity index (χ1) is 17.8. The second kappa shape index (κ2) is 11.2. The van der Waals surface area contributed by atoms with Gasteiger partial charge in [0.15, 0.2) is 0 Å². The van der Waals surface area contributed by atoms with Gasteiger partial charge in [-0.3, -0.25) is 4.79 Å². The summed E-state index contributed by atoms with van der Waals surface area (Å²) in [5.41, 5.74) is 1.04. The molecule has 0 saturated carbocycles. The summed E-state index contributed by atoms with van der Waals surface area (Å²) in [7, 11) is 0. The van der Waals surface area contributed by atoms with Crippen LogP contribution in [-0.2, 0) is 16.8 Å². The zero-order valence-electron chi connectivity index (χ0n) is 20.4. The van der Waals surface area contributed by atoms with E-state index in [1.165, 1.54) is 0 Å². The second-order valence-corrected chi connectivity index (χ2v) is 8.91.